The highest BCUT2D eigenvalue weighted by Crippen LogP contribution is 2.54. The van der Waals surface area contributed by atoms with Gasteiger partial charge < -0.3 is 10.1 Å². The van der Waals surface area contributed by atoms with Crippen LogP contribution in [0.5, 0.6) is 5.75 Å². The SMILES string of the molecule is COc1ccc(N[C@]23SCC(=O)[C@@H]2CCc2ccccc23)cc1. The van der Waals surface area contributed by atoms with Crippen molar-refractivity contribution in [2.45, 2.75) is 17.7 Å². The number of ketones is 1. The second-order valence-electron chi connectivity index (χ2n) is 6.09. The minimum atomic E-state index is -0.333. The van der Waals surface area contributed by atoms with Gasteiger partial charge >= 0.3 is 0 Å². The Labute approximate surface area is 140 Å². The first-order valence-corrected chi connectivity index (χ1v) is 8.89. The highest BCUT2D eigenvalue weighted by molar-refractivity contribution is 8.01. The third-order valence-corrected chi connectivity index (χ3v) is 6.35. The highest BCUT2D eigenvalue weighted by atomic mass is 32.2. The lowest BCUT2D eigenvalue weighted by atomic mass is 9.77. The van der Waals surface area contributed by atoms with Gasteiger partial charge in [0.2, 0.25) is 0 Å². The molecule has 0 aromatic heterocycles. The number of thioether (sulfide) groups is 1. The summed E-state index contributed by atoms with van der Waals surface area (Å²) in [6.45, 7) is 0. The van der Waals surface area contributed by atoms with Crippen molar-refractivity contribution in [3.05, 3.63) is 59.7 Å². The molecule has 0 saturated carbocycles. The quantitative estimate of drug-likeness (QED) is 0.930. The number of hydrogen-bond donors (Lipinski definition) is 1. The minimum absolute atomic E-state index is 0.0458. The monoisotopic (exact) mass is 325 g/mol. The average molecular weight is 325 g/mol. The number of aryl methyl sites for hydroxylation is 1. The van der Waals surface area contributed by atoms with E-state index in [0.29, 0.717) is 11.5 Å². The summed E-state index contributed by atoms with van der Waals surface area (Å²) in [6, 6.07) is 16.4. The predicted molar refractivity (Wildman–Crippen MR) is 94.0 cm³/mol. The molecule has 1 heterocycles. The third kappa shape index (κ3) is 2.32. The van der Waals surface area contributed by atoms with Crippen LogP contribution in [-0.2, 0) is 16.1 Å². The maximum absolute atomic E-state index is 12.4. The topological polar surface area (TPSA) is 38.3 Å². The predicted octanol–water partition coefficient (Wildman–Crippen LogP) is 3.84. The Morgan fingerprint density at radius 3 is 2.74 bits per heavy atom. The summed E-state index contributed by atoms with van der Waals surface area (Å²) in [7, 11) is 1.67. The van der Waals surface area contributed by atoms with Crippen molar-refractivity contribution >= 4 is 23.2 Å². The molecule has 0 amide bonds. The summed E-state index contributed by atoms with van der Waals surface area (Å²) in [4.78, 5) is 12.1. The number of Topliss-reactive ketones (excluding diaryl/α,β-unsaturated/α-hetero) is 1. The van der Waals surface area contributed by atoms with Gasteiger partial charge in [-0.1, -0.05) is 24.3 Å². The zero-order chi connectivity index (χ0) is 15.9. The van der Waals surface area contributed by atoms with Gasteiger partial charge in [-0.15, -0.1) is 11.8 Å². The van der Waals surface area contributed by atoms with E-state index in [1.54, 1.807) is 18.9 Å². The molecule has 1 aliphatic carbocycles. The molecular formula is C19H19NO2S. The molecule has 1 aliphatic heterocycles. The Balaban J connectivity index is 1.77. The van der Waals surface area contributed by atoms with Gasteiger partial charge in [-0.2, -0.15) is 0 Å². The number of nitrogens with one attached hydrogen (secondary N) is 1. The molecule has 1 N–H and O–H groups in total. The van der Waals surface area contributed by atoms with Gasteiger partial charge in [0.25, 0.3) is 0 Å². The zero-order valence-corrected chi connectivity index (χ0v) is 13.9. The molecule has 1 fully saturated rings. The van der Waals surface area contributed by atoms with E-state index in [1.807, 2.05) is 24.3 Å². The van der Waals surface area contributed by atoms with Crippen LogP contribution in [-0.4, -0.2) is 18.6 Å². The van der Waals surface area contributed by atoms with Crippen molar-refractivity contribution in [3.8, 4) is 5.75 Å². The molecule has 0 unspecified atom stereocenters. The van der Waals surface area contributed by atoms with Crippen molar-refractivity contribution in [1.29, 1.82) is 0 Å². The van der Waals surface area contributed by atoms with Crippen molar-refractivity contribution in [3.63, 3.8) is 0 Å². The van der Waals surface area contributed by atoms with E-state index in [4.69, 9.17) is 4.74 Å². The summed E-state index contributed by atoms with van der Waals surface area (Å²) in [5.74, 6) is 1.83. The van der Waals surface area contributed by atoms with E-state index in [0.717, 1.165) is 24.3 Å². The second-order valence-corrected chi connectivity index (χ2v) is 7.31. The fourth-order valence-corrected chi connectivity index (χ4v) is 5.29. The molecule has 2 aromatic rings. The second kappa shape index (κ2) is 5.60. The number of ether oxygens (including phenoxy) is 1. The van der Waals surface area contributed by atoms with E-state index in [1.165, 1.54) is 11.1 Å². The van der Waals surface area contributed by atoms with Crippen molar-refractivity contribution in [1.82, 2.24) is 0 Å². The standard InChI is InChI=1S/C19H19NO2S/c1-22-15-9-7-14(8-10-15)20-19-16-5-3-2-4-13(16)6-11-17(19)18(21)12-23-19/h2-5,7-10,17,20H,6,11-12H2,1H3/t17-,19+/m0/s1. The van der Waals surface area contributed by atoms with Crippen LogP contribution >= 0.6 is 11.8 Å². The number of carbonyl (C=O) groups excluding carboxylic acids is 1. The Morgan fingerprint density at radius 2 is 1.96 bits per heavy atom. The Kier molecular flexibility index (Phi) is 3.57. The van der Waals surface area contributed by atoms with Crippen LogP contribution in [0.15, 0.2) is 48.5 Å². The summed E-state index contributed by atoms with van der Waals surface area (Å²) >= 11 is 1.74. The van der Waals surface area contributed by atoms with Gasteiger partial charge in [0.05, 0.1) is 18.8 Å². The number of anilines is 1. The number of hydrogen-bond acceptors (Lipinski definition) is 4. The first-order chi connectivity index (χ1) is 11.2. The first kappa shape index (κ1) is 14.6. The molecule has 3 nitrogen and oxygen atoms in total. The molecule has 23 heavy (non-hydrogen) atoms. The number of fused-ring (bicyclic) bond motifs is 3. The summed E-state index contributed by atoms with van der Waals surface area (Å²) in [5, 5.41) is 3.68. The minimum Gasteiger partial charge on any atom is -0.497 e. The van der Waals surface area contributed by atoms with Crippen LogP contribution in [0.3, 0.4) is 0 Å². The Hall–Kier alpha value is -1.94. The van der Waals surface area contributed by atoms with Crippen molar-refractivity contribution in [2.75, 3.05) is 18.2 Å². The van der Waals surface area contributed by atoms with E-state index >= 15 is 0 Å². The summed E-state index contributed by atoms with van der Waals surface area (Å²) < 4.78 is 5.23. The van der Waals surface area contributed by atoms with Crippen LogP contribution in [0.1, 0.15) is 17.5 Å². The van der Waals surface area contributed by atoms with Crippen LogP contribution in [0.4, 0.5) is 5.69 Å². The smallest absolute Gasteiger partial charge is 0.149 e. The van der Waals surface area contributed by atoms with Crippen molar-refractivity contribution < 1.29 is 9.53 Å². The highest BCUT2D eigenvalue weighted by Gasteiger charge is 2.52. The fraction of sp³-hybridized carbons (Fsp3) is 0.316. The van der Waals surface area contributed by atoms with Crippen LogP contribution in [0.2, 0.25) is 0 Å². The van der Waals surface area contributed by atoms with Crippen LogP contribution in [0.25, 0.3) is 0 Å². The molecule has 2 atom stereocenters. The lowest BCUT2D eigenvalue weighted by molar-refractivity contribution is -0.120. The Morgan fingerprint density at radius 1 is 1.17 bits per heavy atom. The lowest BCUT2D eigenvalue weighted by Crippen LogP contribution is -2.42. The largest absolute Gasteiger partial charge is 0.497 e. The molecule has 4 rings (SSSR count). The van der Waals surface area contributed by atoms with Gasteiger partial charge in [0, 0.05) is 5.69 Å². The zero-order valence-electron chi connectivity index (χ0n) is 13.0. The molecule has 2 aliphatic rings. The van der Waals surface area contributed by atoms with Gasteiger partial charge in [-0.25, -0.2) is 0 Å². The molecule has 0 bridgehead atoms. The van der Waals surface area contributed by atoms with E-state index in [-0.39, 0.29) is 10.8 Å². The van der Waals surface area contributed by atoms with Crippen molar-refractivity contribution in [2.24, 2.45) is 5.92 Å². The molecule has 2 aromatic carbocycles. The molecule has 1 saturated heterocycles. The number of methoxy groups -OCH3 is 1. The van der Waals surface area contributed by atoms with E-state index < -0.39 is 0 Å². The van der Waals surface area contributed by atoms with Gasteiger partial charge in [0.15, 0.2) is 0 Å². The lowest BCUT2D eigenvalue weighted by Gasteiger charge is -2.40. The maximum Gasteiger partial charge on any atom is 0.149 e. The van der Waals surface area contributed by atoms with E-state index in [9.17, 15) is 4.79 Å². The van der Waals surface area contributed by atoms with Crippen LogP contribution in [0, 0.1) is 5.92 Å². The molecule has 0 spiro atoms. The van der Waals surface area contributed by atoms with Gasteiger partial charge in [0.1, 0.15) is 16.4 Å². The number of carbonyl (C=O) groups is 1. The number of benzene rings is 2. The Bertz CT molecular complexity index is 743. The molecule has 4 heteroatoms. The normalized spacial score (nSPS) is 25.6. The fourth-order valence-electron chi connectivity index (χ4n) is 3.72. The summed E-state index contributed by atoms with van der Waals surface area (Å²) in [5.41, 5.74) is 3.64. The van der Waals surface area contributed by atoms with Gasteiger partial charge in [-0.3, -0.25) is 4.79 Å². The number of rotatable bonds is 3. The van der Waals surface area contributed by atoms with Crippen LogP contribution < -0.4 is 10.1 Å². The van der Waals surface area contributed by atoms with Gasteiger partial charge in [-0.05, 0) is 48.2 Å². The van der Waals surface area contributed by atoms with E-state index in [2.05, 4.69) is 29.6 Å². The first-order valence-electron chi connectivity index (χ1n) is 7.90. The molecule has 0 radical (unpaired) electrons. The summed E-state index contributed by atoms with van der Waals surface area (Å²) in [6.07, 6.45) is 1.91. The molecule has 118 valence electrons. The third-order valence-electron chi connectivity index (χ3n) is 4.86. The average Bonchev–Trinajstić information content (AvgIpc) is 2.93. The maximum atomic E-state index is 12.4. The molecular weight excluding hydrogens is 306 g/mol.